The summed E-state index contributed by atoms with van der Waals surface area (Å²) < 4.78 is 0. The van der Waals surface area contributed by atoms with E-state index in [1.807, 2.05) is 18.2 Å². The molecule has 1 aromatic rings. The summed E-state index contributed by atoms with van der Waals surface area (Å²) in [6.45, 7) is 0. The van der Waals surface area contributed by atoms with Gasteiger partial charge in [-0.05, 0) is 23.6 Å². The highest BCUT2D eigenvalue weighted by atomic mass is 35.5. The van der Waals surface area contributed by atoms with Gasteiger partial charge in [-0.3, -0.25) is 4.79 Å². The predicted octanol–water partition coefficient (Wildman–Crippen LogP) is 3.23. The third-order valence-corrected chi connectivity index (χ3v) is 2.79. The van der Waals surface area contributed by atoms with Crippen LogP contribution in [-0.4, -0.2) is 10.9 Å². The Morgan fingerprint density at radius 1 is 1.33 bits per heavy atom. The van der Waals surface area contributed by atoms with Gasteiger partial charge in [-0.2, -0.15) is 0 Å². The van der Waals surface area contributed by atoms with Gasteiger partial charge < -0.3 is 5.11 Å². The molecule has 0 aromatic heterocycles. The van der Waals surface area contributed by atoms with Crippen LogP contribution in [0.15, 0.2) is 36.1 Å². The first-order valence-electron chi connectivity index (χ1n) is 4.83. The van der Waals surface area contributed by atoms with Gasteiger partial charge in [0, 0.05) is 23.9 Å². The predicted molar refractivity (Wildman–Crippen MR) is 59.1 cm³/mol. The van der Waals surface area contributed by atoms with Gasteiger partial charge in [0.1, 0.15) is 0 Å². The summed E-state index contributed by atoms with van der Waals surface area (Å²) in [6, 6.07) is 7.43. The van der Waals surface area contributed by atoms with Gasteiger partial charge in [-0.15, -0.1) is 0 Å². The Kier molecular flexibility index (Phi) is 2.78. The SMILES string of the molecule is O=C1C=C(O)CC(c2cccc(Cl)c2)C1. The molecule has 0 spiro atoms. The van der Waals surface area contributed by atoms with Crippen molar-refractivity contribution in [2.24, 2.45) is 0 Å². The van der Waals surface area contributed by atoms with Crippen LogP contribution in [0.5, 0.6) is 0 Å². The second kappa shape index (κ2) is 4.07. The molecule has 0 saturated carbocycles. The zero-order valence-electron chi connectivity index (χ0n) is 8.11. The molecule has 1 N–H and O–H groups in total. The Labute approximate surface area is 93.2 Å². The van der Waals surface area contributed by atoms with Crippen molar-refractivity contribution in [2.75, 3.05) is 0 Å². The first-order valence-corrected chi connectivity index (χ1v) is 5.21. The van der Waals surface area contributed by atoms with Crippen molar-refractivity contribution in [3.8, 4) is 0 Å². The lowest BCUT2D eigenvalue weighted by molar-refractivity contribution is -0.115. The van der Waals surface area contributed by atoms with Crippen LogP contribution in [0.1, 0.15) is 24.3 Å². The number of hydrogen-bond donors (Lipinski definition) is 1. The quantitative estimate of drug-likeness (QED) is 0.792. The Bertz CT molecular complexity index is 423. The highest BCUT2D eigenvalue weighted by Crippen LogP contribution is 2.31. The number of allylic oxidation sites excluding steroid dienone is 2. The summed E-state index contributed by atoms with van der Waals surface area (Å²) >= 11 is 5.87. The fourth-order valence-corrected chi connectivity index (χ4v) is 2.07. The second-order valence-corrected chi connectivity index (χ2v) is 4.20. The smallest absolute Gasteiger partial charge is 0.159 e. The Balaban J connectivity index is 2.26. The molecule has 1 aliphatic carbocycles. The summed E-state index contributed by atoms with van der Waals surface area (Å²) in [5, 5.41) is 10.0. The van der Waals surface area contributed by atoms with Gasteiger partial charge in [0.2, 0.25) is 0 Å². The van der Waals surface area contributed by atoms with Crippen LogP contribution >= 0.6 is 11.6 Å². The Morgan fingerprint density at radius 2 is 2.13 bits per heavy atom. The van der Waals surface area contributed by atoms with Crippen LogP contribution in [0.3, 0.4) is 0 Å². The number of aliphatic hydroxyl groups excluding tert-OH is 1. The second-order valence-electron chi connectivity index (χ2n) is 3.76. The fourth-order valence-electron chi connectivity index (χ4n) is 1.87. The van der Waals surface area contributed by atoms with E-state index in [4.69, 9.17) is 11.6 Å². The van der Waals surface area contributed by atoms with E-state index in [2.05, 4.69) is 0 Å². The summed E-state index contributed by atoms with van der Waals surface area (Å²) in [5.74, 6) is 0.196. The monoisotopic (exact) mass is 222 g/mol. The van der Waals surface area contributed by atoms with Crippen molar-refractivity contribution in [3.63, 3.8) is 0 Å². The van der Waals surface area contributed by atoms with Crippen LogP contribution in [0.25, 0.3) is 0 Å². The molecule has 0 bridgehead atoms. The third-order valence-electron chi connectivity index (χ3n) is 2.55. The van der Waals surface area contributed by atoms with E-state index in [0.717, 1.165) is 5.56 Å². The summed E-state index contributed by atoms with van der Waals surface area (Å²) in [4.78, 5) is 11.3. The standard InChI is InChI=1S/C12H11ClO2/c13-10-3-1-2-8(4-10)9-5-11(14)7-12(15)6-9/h1-4,7,9,14H,5-6H2. The van der Waals surface area contributed by atoms with Gasteiger partial charge >= 0.3 is 0 Å². The van der Waals surface area contributed by atoms with Crippen LogP contribution in [-0.2, 0) is 4.79 Å². The van der Waals surface area contributed by atoms with Crippen LogP contribution in [0.2, 0.25) is 5.02 Å². The van der Waals surface area contributed by atoms with E-state index >= 15 is 0 Å². The molecule has 0 aliphatic heterocycles. The van der Waals surface area contributed by atoms with Crippen LogP contribution in [0.4, 0.5) is 0 Å². The number of carbonyl (C=O) groups excluding carboxylic acids is 1. The molecule has 2 nitrogen and oxygen atoms in total. The van der Waals surface area contributed by atoms with Crippen molar-refractivity contribution in [3.05, 3.63) is 46.7 Å². The van der Waals surface area contributed by atoms with Crippen molar-refractivity contribution < 1.29 is 9.90 Å². The molecular formula is C12H11ClO2. The van der Waals surface area contributed by atoms with Gasteiger partial charge in [-0.1, -0.05) is 23.7 Å². The molecule has 0 heterocycles. The minimum atomic E-state index is -0.0243. The van der Waals surface area contributed by atoms with E-state index in [-0.39, 0.29) is 17.5 Å². The lowest BCUT2D eigenvalue weighted by Gasteiger charge is -2.19. The zero-order valence-corrected chi connectivity index (χ0v) is 8.87. The highest BCUT2D eigenvalue weighted by Gasteiger charge is 2.21. The van der Waals surface area contributed by atoms with E-state index in [0.29, 0.717) is 17.9 Å². The molecule has 1 unspecified atom stereocenters. The van der Waals surface area contributed by atoms with E-state index in [9.17, 15) is 9.90 Å². The maximum Gasteiger partial charge on any atom is 0.159 e. The molecule has 1 aliphatic rings. The lowest BCUT2D eigenvalue weighted by atomic mass is 9.86. The number of rotatable bonds is 1. The normalized spacial score (nSPS) is 21.3. The van der Waals surface area contributed by atoms with Crippen molar-refractivity contribution in [1.82, 2.24) is 0 Å². The molecule has 78 valence electrons. The largest absolute Gasteiger partial charge is 0.512 e. The molecule has 3 heteroatoms. The topological polar surface area (TPSA) is 37.3 Å². The lowest BCUT2D eigenvalue weighted by Crippen LogP contribution is -2.12. The minimum Gasteiger partial charge on any atom is -0.512 e. The maximum atomic E-state index is 11.3. The fraction of sp³-hybridized carbons (Fsp3) is 0.250. The molecule has 2 rings (SSSR count). The van der Waals surface area contributed by atoms with Crippen molar-refractivity contribution >= 4 is 17.4 Å². The Hall–Kier alpha value is -1.28. The minimum absolute atomic E-state index is 0.0243. The highest BCUT2D eigenvalue weighted by molar-refractivity contribution is 6.30. The van der Waals surface area contributed by atoms with Crippen LogP contribution in [0, 0.1) is 0 Å². The van der Waals surface area contributed by atoms with Gasteiger partial charge in [-0.25, -0.2) is 0 Å². The average Bonchev–Trinajstić information content (AvgIpc) is 2.16. The Morgan fingerprint density at radius 3 is 2.80 bits per heavy atom. The molecule has 0 radical (unpaired) electrons. The van der Waals surface area contributed by atoms with Crippen molar-refractivity contribution in [2.45, 2.75) is 18.8 Å². The molecule has 0 amide bonds. The number of carbonyl (C=O) groups is 1. The van der Waals surface area contributed by atoms with E-state index in [1.165, 1.54) is 6.08 Å². The number of benzene rings is 1. The third kappa shape index (κ3) is 2.39. The van der Waals surface area contributed by atoms with E-state index < -0.39 is 0 Å². The van der Waals surface area contributed by atoms with Crippen LogP contribution < -0.4 is 0 Å². The molecule has 0 saturated heterocycles. The van der Waals surface area contributed by atoms with Gasteiger partial charge in [0.15, 0.2) is 5.78 Å². The molecule has 15 heavy (non-hydrogen) atoms. The van der Waals surface area contributed by atoms with Gasteiger partial charge in [0.25, 0.3) is 0 Å². The number of halogens is 1. The number of ketones is 1. The average molecular weight is 223 g/mol. The first kappa shape index (κ1) is 10.2. The summed E-state index contributed by atoms with van der Waals surface area (Å²) in [5.41, 5.74) is 1.01. The zero-order chi connectivity index (χ0) is 10.8. The summed E-state index contributed by atoms with van der Waals surface area (Å²) in [6.07, 6.45) is 2.28. The van der Waals surface area contributed by atoms with E-state index in [1.54, 1.807) is 6.07 Å². The number of hydrogen-bond acceptors (Lipinski definition) is 2. The first-order chi connectivity index (χ1) is 7.15. The molecule has 1 aromatic carbocycles. The summed E-state index contributed by atoms with van der Waals surface area (Å²) in [7, 11) is 0. The van der Waals surface area contributed by atoms with Gasteiger partial charge in [0.05, 0.1) is 5.76 Å². The number of aliphatic hydroxyl groups is 1. The van der Waals surface area contributed by atoms with Crippen molar-refractivity contribution in [1.29, 1.82) is 0 Å². The molecular weight excluding hydrogens is 212 g/mol. The molecule has 1 atom stereocenters. The molecule has 0 fully saturated rings. The maximum absolute atomic E-state index is 11.3.